The average Bonchev–Trinajstić information content (AvgIpc) is 3.35. The number of hydrogen-bond donors (Lipinski definition) is 1. The van der Waals surface area contributed by atoms with Crippen molar-refractivity contribution in [3.05, 3.63) is 35.5 Å². The van der Waals surface area contributed by atoms with Crippen LogP contribution in [-0.4, -0.2) is 72.2 Å². The van der Waals surface area contributed by atoms with E-state index < -0.39 is 71.8 Å². The van der Waals surface area contributed by atoms with Gasteiger partial charge in [0, 0.05) is 5.57 Å². The monoisotopic (exact) mass is 506 g/mol. The zero-order valence-electron chi connectivity index (χ0n) is 21.4. The fraction of sp³-hybridized carbons (Fsp3) is 0.615. The van der Waals surface area contributed by atoms with Crippen LogP contribution in [0.5, 0.6) is 0 Å². The third-order valence-corrected chi connectivity index (χ3v) is 7.12. The number of ether oxygens (including phenoxy) is 5. The zero-order chi connectivity index (χ0) is 26.9. The number of fused-ring (bicyclic) bond motifs is 1. The predicted molar refractivity (Wildman–Crippen MR) is 125 cm³/mol. The molecule has 1 aliphatic carbocycles. The molecule has 10 nitrogen and oxygen atoms in total. The third kappa shape index (κ3) is 5.39. The number of aliphatic hydroxyl groups excluding tert-OH is 1. The molecule has 0 spiro atoms. The van der Waals surface area contributed by atoms with Gasteiger partial charge in [-0.3, -0.25) is 4.79 Å². The lowest BCUT2D eigenvalue weighted by Gasteiger charge is -2.34. The molecule has 8 atom stereocenters. The second-order valence-electron chi connectivity index (χ2n) is 9.75. The summed E-state index contributed by atoms with van der Waals surface area (Å²) in [4.78, 5) is 51.6. The number of aliphatic hydroxyl groups is 1. The third-order valence-electron chi connectivity index (χ3n) is 7.12. The predicted octanol–water partition coefficient (Wildman–Crippen LogP) is 1.94. The minimum Gasteiger partial charge on any atom is -0.466 e. The Morgan fingerprint density at radius 3 is 2.44 bits per heavy atom. The van der Waals surface area contributed by atoms with Gasteiger partial charge < -0.3 is 28.8 Å². The summed E-state index contributed by atoms with van der Waals surface area (Å²) < 4.78 is 27.6. The summed E-state index contributed by atoms with van der Waals surface area (Å²) in [6.45, 7) is 11.8. The van der Waals surface area contributed by atoms with Crippen LogP contribution >= 0.6 is 0 Å². The van der Waals surface area contributed by atoms with Gasteiger partial charge in [0.2, 0.25) is 0 Å². The Morgan fingerprint density at radius 2 is 1.89 bits per heavy atom. The van der Waals surface area contributed by atoms with Crippen molar-refractivity contribution in [1.29, 1.82) is 0 Å². The molecule has 3 aliphatic rings. The van der Waals surface area contributed by atoms with E-state index in [9.17, 15) is 24.3 Å². The van der Waals surface area contributed by atoms with Gasteiger partial charge in [0.05, 0.1) is 36.7 Å². The number of epoxide rings is 1. The number of rotatable bonds is 6. The van der Waals surface area contributed by atoms with Gasteiger partial charge in [-0.25, -0.2) is 14.4 Å². The molecule has 0 bridgehead atoms. The van der Waals surface area contributed by atoms with Gasteiger partial charge in [0.25, 0.3) is 0 Å². The summed E-state index contributed by atoms with van der Waals surface area (Å²) >= 11 is 0. The number of carbonyl (C=O) groups is 4. The van der Waals surface area contributed by atoms with E-state index in [4.69, 9.17) is 23.7 Å². The lowest BCUT2D eigenvalue weighted by Crippen LogP contribution is -2.48. The molecule has 36 heavy (non-hydrogen) atoms. The van der Waals surface area contributed by atoms with Gasteiger partial charge in [-0.15, -0.1) is 0 Å². The van der Waals surface area contributed by atoms with Crippen LogP contribution < -0.4 is 0 Å². The smallest absolute Gasteiger partial charge is 0.341 e. The number of allylic oxidation sites excluding steroid dienone is 2. The minimum atomic E-state index is -1.47. The molecule has 0 aromatic heterocycles. The van der Waals surface area contributed by atoms with E-state index >= 15 is 0 Å². The summed E-state index contributed by atoms with van der Waals surface area (Å²) in [5.74, 6) is -5.00. The number of hydrogen-bond acceptors (Lipinski definition) is 10. The van der Waals surface area contributed by atoms with Crippen molar-refractivity contribution >= 4 is 23.9 Å². The van der Waals surface area contributed by atoms with Crippen LogP contribution in [0.25, 0.3) is 0 Å². The van der Waals surface area contributed by atoms with Crippen molar-refractivity contribution in [3.63, 3.8) is 0 Å². The van der Waals surface area contributed by atoms with Crippen molar-refractivity contribution in [2.24, 2.45) is 11.8 Å². The molecule has 0 saturated carbocycles. The quantitative estimate of drug-likeness (QED) is 0.187. The first-order valence-corrected chi connectivity index (χ1v) is 11.9. The first-order chi connectivity index (χ1) is 16.8. The summed E-state index contributed by atoms with van der Waals surface area (Å²) in [6.07, 6.45) is -0.996. The Bertz CT molecular complexity index is 1010. The molecule has 0 radical (unpaired) electrons. The molecule has 10 heteroatoms. The van der Waals surface area contributed by atoms with Crippen LogP contribution in [0.15, 0.2) is 35.5 Å². The van der Waals surface area contributed by atoms with Crippen LogP contribution in [0, 0.1) is 11.8 Å². The number of carbonyl (C=O) groups excluding carboxylic acids is 4. The Labute approximate surface area is 210 Å². The highest BCUT2D eigenvalue weighted by Gasteiger charge is 2.60. The van der Waals surface area contributed by atoms with Crippen molar-refractivity contribution in [2.75, 3.05) is 7.11 Å². The van der Waals surface area contributed by atoms with Crippen molar-refractivity contribution in [2.45, 2.75) is 83.6 Å². The first kappa shape index (κ1) is 27.6. The summed E-state index contributed by atoms with van der Waals surface area (Å²) in [5.41, 5.74) is -0.414. The lowest BCUT2D eigenvalue weighted by molar-refractivity contribution is -0.178. The van der Waals surface area contributed by atoms with Crippen molar-refractivity contribution < 1.29 is 48.0 Å². The molecular weight excluding hydrogens is 472 g/mol. The molecule has 2 aliphatic heterocycles. The molecule has 2 saturated heterocycles. The minimum absolute atomic E-state index is 0.00572. The molecule has 0 unspecified atom stereocenters. The molecular formula is C26H34O10. The van der Waals surface area contributed by atoms with Crippen LogP contribution in [0.4, 0.5) is 0 Å². The van der Waals surface area contributed by atoms with E-state index in [0.29, 0.717) is 12.8 Å². The zero-order valence-corrected chi connectivity index (χ0v) is 21.4. The van der Waals surface area contributed by atoms with E-state index in [0.717, 1.165) is 5.57 Å². The van der Waals surface area contributed by atoms with Crippen LogP contribution in [0.3, 0.4) is 0 Å². The maximum absolute atomic E-state index is 13.2. The van der Waals surface area contributed by atoms with E-state index in [1.807, 2.05) is 6.92 Å². The first-order valence-electron chi connectivity index (χ1n) is 11.9. The summed E-state index contributed by atoms with van der Waals surface area (Å²) in [6, 6.07) is 0. The van der Waals surface area contributed by atoms with E-state index in [1.165, 1.54) is 21.0 Å². The van der Waals surface area contributed by atoms with Gasteiger partial charge in [-0.1, -0.05) is 18.2 Å². The number of methoxy groups -OCH3 is 1. The van der Waals surface area contributed by atoms with Crippen LogP contribution in [-0.2, 0) is 42.9 Å². The lowest BCUT2D eigenvalue weighted by atomic mass is 9.83. The molecule has 0 aromatic rings. The largest absolute Gasteiger partial charge is 0.466 e. The second-order valence-corrected chi connectivity index (χ2v) is 9.75. The van der Waals surface area contributed by atoms with Crippen LogP contribution in [0.2, 0.25) is 0 Å². The highest BCUT2D eigenvalue weighted by molar-refractivity contribution is 5.93. The fourth-order valence-electron chi connectivity index (χ4n) is 4.23. The Morgan fingerprint density at radius 1 is 1.25 bits per heavy atom. The van der Waals surface area contributed by atoms with E-state index in [1.54, 1.807) is 26.0 Å². The summed E-state index contributed by atoms with van der Waals surface area (Å²) in [7, 11) is 1.18. The average molecular weight is 507 g/mol. The Hall–Kier alpha value is -2.98. The highest BCUT2D eigenvalue weighted by Crippen LogP contribution is 2.41. The second kappa shape index (κ2) is 10.6. The maximum Gasteiger partial charge on any atom is 0.341 e. The van der Waals surface area contributed by atoms with Gasteiger partial charge in [-0.05, 0) is 53.5 Å². The highest BCUT2D eigenvalue weighted by atomic mass is 16.7. The standard InChI is InChI=1S/C26H34O10/c1-12-9-8-10-17(24(30)32-7)20(34-22(28)13(2)15(4)27)21(35-25(31)26(6)16(5)36-26)19-14(3)23(29)33-18(19)11-12/h10-11,13,15-16,18-21,27H,3,8-9H2,1-2,4-7H3/b12-11+,17-10+/t13-,15+,16-,18-,19+,20+,21+,26+/m1/s1. The van der Waals surface area contributed by atoms with Gasteiger partial charge in [-0.2, -0.15) is 0 Å². The Balaban J connectivity index is 2.16. The molecule has 1 N–H and O–H groups in total. The molecule has 0 aromatic carbocycles. The fourth-order valence-corrected chi connectivity index (χ4v) is 4.23. The maximum atomic E-state index is 13.2. The molecule has 3 rings (SSSR count). The summed E-state index contributed by atoms with van der Waals surface area (Å²) in [5, 5.41) is 9.94. The van der Waals surface area contributed by atoms with Gasteiger partial charge in [0.1, 0.15) is 6.10 Å². The number of esters is 4. The SMILES string of the molecule is C=C1C(=O)O[C@@H]2/C=C(\C)CC/C=C(/C(=O)OC)[C@H](OC(=O)[C@H](C)[C@H](C)O)[C@@H](OC(=O)[C@@]3(C)O[C@@H]3C)[C@@H]12. The van der Waals surface area contributed by atoms with Gasteiger partial charge >= 0.3 is 23.9 Å². The van der Waals surface area contributed by atoms with Crippen LogP contribution in [0.1, 0.15) is 47.5 Å². The van der Waals surface area contributed by atoms with E-state index in [-0.39, 0.29) is 11.1 Å². The molecule has 198 valence electrons. The Kier molecular flexibility index (Phi) is 8.10. The van der Waals surface area contributed by atoms with E-state index in [2.05, 4.69) is 6.58 Å². The van der Waals surface area contributed by atoms with Crippen molar-refractivity contribution in [3.8, 4) is 0 Å². The molecule has 2 fully saturated rings. The van der Waals surface area contributed by atoms with Gasteiger partial charge in [0.15, 0.2) is 17.8 Å². The molecule has 0 amide bonds. The van der Waals surface area contributed by atoms with Crippen molar-refractivity contribution in [1.82, 2.24) is 0 Å². The normalized spacial score (nSPS) is 36.6. The topological polar surface area (TPSA) is 138 Å². The molecule has 2 heterocycles.